The molecule has 7 nitrogen and oxygen atoms in total. The summed E-state index contributed by atoms with van der Waals surface area (Å²) in [5.74, 6) is 2.23. The monoisotopic (exact) mass is 432 g/mol. The predicted molar refractivity (Wildman–Crippen MR) is 129 cm³/mol. The van der Waals surface area contributed by atoms with Crippen LogP contribution >= 0.6 is 0 Å². The minimum atomic E-state index is 0.235. The molecule has 0 saturated heterocycles. The Bertz CT molecular complexity index is 971. The number of ether oxygens (including phenoxy) is 1. The van der Waals surface area contributed by atoms with Crippen LogP contribution in [0.15, 0.2) is 54.6 Å². The molecule has 1 fully saturated rings. The lowest BCUT2D eigenvalue weighted by Crippen LogP contribution is -2.36. The van der Waals surface area contributed by atoms with Crippen LogP contribution in [0.25, 0.3) is 0 Å². The lowest BCUT2D eigenvalue weighted by Gasteiger charge is -2.31. The van der Waals surface area contributed by atoms with Gasteiger partial charge in [-0.15, -0.1) is 0 Å². The summed E-state index contributed by atoms with van der Waals surface area (Å²) in [6.07, 6.45) is 7.29. The summed E-state index contributed by atoms with van der Waals surface area (Å²) in [6, 6.07) is 18.8. The molecular weight excluding hydrogens is 400 g/mol. The van der Waals surface area contributed by atoms with Gasteiger partial charge in [-0.1, -0.05) is 68.1 Å². The van der Waals surface area contributed by atoms with E-state index in [2.05, 4.69) is 44.5 Å². The summed E-state index contributed by atoms with van der Waals surface area (Å²) >= 11 is 0. The molecule has 168 valence electrons. The fraction of sp³-hybridized carbons (Fsp3) is 0.400. The van der Waals surface area contributed by atoms with Gasteiger partial charge in [0.15, 0.2) is 0 Å². The molecule has 0 aliphatic heterocycles. The summed E-state index contributed by atoms with van der Waals surface area (Å²) in [7, 11) is 1.68. The van der Waals surface area contributed by atoms with Crippen LogP contribution in [0.2, 0.25) is 0 Å². The molecule has 0 bridgehead atoms. The van der Waals surface area contributed by atoms with Gasteiger partial charge in [-0.25, -0.2) is 0 Å². The Balaban J connectivity index is 1.59. The average molecular weight is 433 g/mol. The van der Waals surface area contributed by atoms with Gasteiger partial charge >= 0.3 is 0 Å². The van der Waals surface area contributed by atoms with Gasteiger partial charge in [0.2, 0.25) is 17.8 Å². The summed E-state index contributed by atoms with van der Waals surface area (Å²) in [6.45, 7) is 1.35. The van der Waals surface area contributed by atoms with Gasteiger partial charge in [-0.05, 0) is 36.1 Å². The van der Waals surface area contributed by atoms with Crippen LogP contribution in [0.4, 0.5) is 17.8 Å². The molecule has 1 aliphatic carbocycles. The molecule has 7 heteroatoms. The van der Waals surface area contributed by atoms with Crippen molar-refractivity contribution in [3.8, 4) is 5.75 Å². The zero-order valence-corrected chi connectivity index (χ0v) is 18.7. The van der Waals surface area contributed by atoms with Crippen molar-refractivity contribution in [2.75, 3.05) is 23.1 Å². The standard InChI is InChI=1S/C25H32N6O/c1-32-22-15-13-20(14-16-22)18-31(21-11-7-2-3-8-12-21)25-29-23(26)28-24(30-25)27-17-19-9-5-4-6-10-19/h4-6,9-10,13-16,21H,2-3,7-8,11-12,17-18H2,1H3,(H3,26,27,28,29,30). The van der Waals surface area contributed by atoms with Crippen LogP contribution in [-0.2, 0) is 13.1 Å². The van der Waals surface area contributed by atoms with Gasteiger partial charge in [0.1, 0.15) is 5.75 Å². The Morgan fingerprint density at radius 2 is 1.62 bits per heavy atom. The molecule has 1 aliphatic rings. The molecule has 3 N–H and O–H groups in total. The molecule has 3 aromatic rings. The van der Waals surface area contributed by atoms with Crippen LogP contribution in [0.5, 0.6) is 5.75 Å². The van der Waals surface area contributed by atoms with Crippen molar-refractivity contribution in [1.82, 2.24) is 15.0 Å². The number of benzene rings is 2. The highest BCUT2D eigenvalue weighted by Gasteiger charge is 2.24. The van der Waals surface area contributed by atoms with Gasteiger partial charge in [-0.2, -0.15) is 15.0 Å². The van der Waals surface area contributed by atoms with Gasteiger partial charge in [-0.3, -0.25) is 0 Å². The minimum absolute atomic E-state index is 0.235. The smallest absolute Gasteiger partial charge is 0.232 e. The predicted octanol–water partition coefficient (Wildman–Crippen LogP) is 4.80. The molecular formula is C25H32N6O. The number of nitrogens with two attached hydrogens (primary N) is 1. The van der Waals surface area contributed by atoms with E-state index in [1.165, 1.54) is 31.2 Å². The maximum Gasteiger partial charge on any atom is 0.232 e. The number of hydrogen-bond donors (Lipinski definition) is 2. The van der Waals surface area contributed by atoms with Gasteiger partial charge in [0.05, 0.1) is 7.11 Å². The highest BCUT2D eigenvalue weighted by Crippen LogP contribution is 2.28. The van der Waals surface area contributed by atoms with Gasteiger partial charge in [0.25, 0.3) is 0 Å². The second-order valence-corrected chi connectivity index (χ2v) is 8.28. The van der Waals surface area contributed by atoms with Crippen molar-refractivity contribution >= 4 is 17.8 Å². The Labute approximate surface area is 190 Å². The highest BCUT2D eigenvalue weighted by atomic mass is 16.5. The first-order valence-corrected chi connectivity index (χ1v) is 11.4. The van der Waals surface area contributed by atoms with E-state index in [4.69, 9.17) is 15.5 Å². The van der Waals surface area contributed by atoms with Crippen molar-refractivity contribution in [1.29, 1.82) is 0 Å². The normalized spacial score (nSPS) is 14.5. The highest BCUT2D eigenvalue weighted by molar-refractivity contribution is 5.44. The fourth-order valence-corrected chi connectivity index (χ4v) is 4.23. The summed E-state index contributed by atoms with van der Waals surface area (Å²) in [4.78, 5) is 15.9. The van der Waals surface area contributed by atoms with Crippen LogP contribution in [0, 0.1) is 0 Å². The third-order valence-corrected chi connectivity index (χ3v) is 5.97. The molecule has 0 unspecified atom stereocenters. The third-order valence-electron chi connectivity index (χ3n) is 5.97. The fourth-order valence-electron chi connectivity index (χ4n) is 4.23. The molecule has 0 spiro atoms. The third kappa shape index (κ3) is 5.87. The van der Waals surface area contributed by atoms with Crippen LogP contribution < -0.4 is 20.7 Å². The quantitative estimate of drug-likeness (QED) is 0.494. The van der Waals surface area contributed by atoms with E-state index in [-0.39, 0.29) is 5.95 Å². The topological polar surface area (TPSA) is 89.2 Å². The van der Waals surface area contributed by atoms with E-state index in [0.29, 0.717) is 24.5 Å². The van der Waals surface area contributed by atoms with Gasteiger partial charge < -0.3 is 20.7 Å². The molecule has 0 atom stereocenters. The summed E-state index contributed by atoms with van der Waals surface area (Å²) in [5.41, 5.74) is 8.46. The molecule has 1 aromatic heterocycles. The van der Waals surface area contributed by atoms with Crippen LogP contribution in [0.1, 0.15) is 49.7 Å². The Kier molecular flexibility index (Phi) is 7.38. The van der Waals surface area contributed by atoms with Crippen molar-refractivity contribution in [2.24, 2.45) is 0 Å². The van der Waals surface area contributed by atoms with E-state index in [0.717, 1.165) is 30.7 Å². The van der Waals surface area contributed by atoms with Crippen molar-refractivity contribution < 1.29 is 4.74 Å². The van der Waals surface area contributed by atoms with E-state index in [1.807, 2.05) is 30.3 Å². The number of anilines is 3. The molecule has 1 saturated carbocycles. The van der Waals surface area contributed by atoms with Crippen molar-refractivity contribution in [3.05, 3.63) is 65.7 Å². The first-order valence-electron chi connectivity index (χ1n) is 11.4. The molecule has 4 rings (SSSR count). The van der Waals surface area contributed by atoms with Crippen LogP contribution in [0.3, 0.4) is 0 Å². The number of nitrogen functional groups attached to an aromatic ring is 1. The molecule has 0 amide bonds. The zero-order valence-electron chi connectivity index (χ0n) is 18.7. The maximum atomic E-state index is 6.11. The summed E-state index contributed by atoms with van der Waals surface area (Å²) < 4.78 is 5.32. The van der Waals surface area contributed by atoms with Crippen molar-refractivity contribution in [3.63, 3.8) is 0 Å². The first-order chi connectivity index (χ1) is 15.7. The Morgan fingerprint density at radius 1 is 0.906 bits per heavy atom. The van der Waals surface area contributed by atoms with E-state index < -0.39 is 0 Å². The minimum Gasteiger partial charge on any atom is -0.497 e. The van der Waals surface area contributed by atoms with E-state index in [9.17, 15) is 0 Å². The zero-order chi connectivity index (χ0) is 22.2. The Morgan fingerprint density at radius 3 is 2.31 bits per heavy atom. The first kappa shape index (κ1) is 21.9. The second-order valence-electron chi connectivity index (χ2n) is 8.28. The lowest BCUT2D eigenvalue weighted by atomic mass is 10.1. The van der Waals surface area contributed by atoms with Crippen LogP contribution in [-0.4, -0.2) is 28.1 Å². The molecule has 1 heterocycles. The number of aromatic nitrogens is 3. The molecule has 0 radical (unpaired) electrons. The Hall–Kier alpha value is -3.35. The van der Waals surface area contributed by atoms with Crippen molar-refractivity contribution in [2.45, 2.75) is 57.7 Å². The van der Waals surface area contributed by atoms with E-state index >= 15 is 0 Å². The SMILES string of the molecule is COc1ccc(CN(c2nc(N)nc(NCc3ccccc3)n2)C2CCCCCC2)cc1. The lowest BCUT2D eigenvalue weighted by molar-refractivity contribution is 0.414. The van der Waals surface area contributed by atoms with E-state index in [1.54, 1.807) is 7.11 Å². The number of rotatable bonds is 8. The number of methoxy groups -OCH3 is 1. The average Bonchev–Trinajstić information content (AvgIpc) is 3.11. The molecule has 32 heavy (non-hydrogen) atoms. The number of nitrogens with zero attached hydrogens (tertiary/aromatic N) is 4. The second kappa shape index (κ2) is 10.8. The maximum absolute atomic E-state index is 6.11. The largest absolute Gasteiger partial charge is 0.497 e. The number of nitrogens with one attached hydrogen (secondary N) is 1. The van der Waals surface area contributed by atoms with Gasteiger partial charge in [0, 0.05) is 19.1 Å². The molecule has 2 aromatic carbocycles. The number of hydrogen-bond acceptors (Lipinski definition) is 7. The summed E-state index contributed by atoms with van der Waals surface area (Å²) in [5, 5.41) is 3.31.